The van der Waals surface area contributed by atoms with Gasteiger partial charge < -0.3 is 0 Å². The van der Waals surface area contributed by atoms with Crippen molar-refractivity contribution in [2.45, 2.75) is 26.9 Å². The molecule has 0 unspecified atom stereocenters. The molecule has 3 aromatic rings. The summed E-state index contributed by atoms with van der Waals surface area (Å²) in [5.41, 5.74) is 3.43. The van der Waals surface area contributed by atoms with E-state index >= 15 is 0 Å². The van der Waals surface area contributed by atoms with E-state index in [2.05, 4.69) is 32.0 Å². The molecular weight excluding hydrogens is 324 g/mol. The lowest BCUT2D eigenvalue weighted by Gasteiger charge is -2.11. The zero-order chi connectivity index (χ0) is 16.4. The zero-order valence-electron chi connectivity index (χ0n) is 13.2. The highest BCUT2D eigenvalue weighted by Crippen LogP contribution is 2.11. The summed E-state index contributed by atoms with van der Waals surface area (Å²) in [7, 11) is 0. The van der Waals surface area contributed by atoms with Gasteiger partial charge in [-0.3, -0.25) is 9.13 Å². The molecule has 0 bridgehead atoms. The predicted octanol–water partition coefficient (Wildman–Crippen LogP) is 4.15. The summed E-state index contributed by atoms with van der Waals surface area (Å²) in [6.45, 7) is 5.22. The van der Waals surface area contributed by atoms with E-state index in [1.165, 1.54) is 11.1 Å². The Balaban J connectivity index is 1.98. The number of rotatable bonds is 4. The van der Waals surface area contributed by atoms with Crippen molar-refractivity contribution in [3.63, 3.8) is 0 Å². The Morgan fingerprint density at radius 1 is 1.09 bits per heavy atom. The molecule has 2 heterocycles. The highest BCUT2D eigenvalue weighted by molar-refractivity contribution is 7.71. The second-order valence-corrected chi connectivity index (χ2v) is 7.18. The molecule has 1 aromatic carbocycles. The summed E-state index contributed by atoms with van der Waals surface area (Å²) in [6, 6.07) is 12.2. The monoisotopic (exact) mass is 342 g/mol. The minimum Gasteiger partial charge on any atom is -0.295 e. The van der Waals surface area contributed by atoms with E-state index < -0.39 is 0 Å². The topological polar surface area (TPSA) is 26.9 Å². The minimum atomic E-state index is -0.0648. The van der Waals surface area contributed by atoms with Crippen LogP contribution in [0.1, 0.15) is 21.6 Å². The molecule has 0 N–H and O–H groups in total. The van der Waals surface area contributed by atoms with Gasteiger partial charge in [0.2, 0.25) is 0 Å². The van der Waals surface area contributed by atoms with Crippen LogP contribution in [0.15, 0.2) is 52.8 Å². The maximum atomic E-state index is 12.8. The van der Waals surface area contributed by atoms with Gasteiger partial charge in [-0.15, -0.1) is 11.3 Å². The molecule has 5 heteroatoms. The molecule has 0 aliphatic rings. The van der Waals surface area contributed by atoms with Crippen molar-refractivity contribution in [3.8, 4) is 0 Å². The van der Waals surface area contributed by atoms with Crippen LogP contribution in [0.4, 0.5) is 0 Å². The van der Waals surface area contributed by atoms with E-state index in [4.69, 9.17) is 12.2 Å². The van der Waals surface area contributed by atoms with Crippen LogP contribution >= 0.6 is 23.6 Å². The lowest BCUT2D eigenvalue weighted by atomic mass is 10.1. The van der Waals surface area contributed by atoms with Gasteiger partial charge in [0.05, 0.1) is 13.1 Å². The lowest BCUT2D eigenvalue weighted by Crippen LogP contribution is -2.31. The lowest BCUT2D eigenvalue weighted by molar-refractivity contribution is 0.625. The van der Waals surface area contributed by atoms with Crippen LogP contribution in [0, 0.1) is 18.5 Å². The van der Waals surface area contributed by atoms with Crippen molar-refractivity contribution in [1.82, 2.24) is 9.13 Å². The van der Waals surface area contributed by atoms with E-state index in [0.717, 1.165) is 10.4 Å². The van der Waals surface area contributed by atoms with Gasteiger partial charge in [0.1, 0.15) is 4.64 Å². The zero-order valence-corrected chi connectivity index (χ0v) is 14.8. The maximum Gasteiger partial charge on any atom is 0.329 e. The van der Waals surface area contributed by atoms with E-state index in [0.29, 0.717) is 17.7 Å². The first-order valence-electron chi connectivity index (χ1n) is 7.43. The number of thiophene rings is 1. The van der Waals surface area contributed by atoms with Crippen LogP contribution in [-0.2, 0) is 13.1 Å². The van der Waals surface area contributed by atoms with Gasteiger partial charge in [-0.05, 0) is 36.9 Å². The molecule has 0 aliphatic heterocycles. The average Bonchev–Trinajstić information content (AvgIpc) is 2.98. The average molecular weight is 342 g/mol. The Hall–Kier alpha value is -1.98. The van der Waals surface area contributed by atoms with Gasteiger partial charge >= 0.3 is 5.69 Å². The van der Waals surface area contributed by atoms with Crippen molar-refractivity contribution in [1.29, 1.82) is 0 Å². The molecule has 0 saturated carbocycles. The Morgan fingerprint density at radius 2 is 1.83 bits per heavy atom. The highest BCUT2D eigenvalue weighted by Gasteiger charge is 2.06. The summed E-state index contributed by atoms with van der Waals surface area (Å²) < 4.78 is 3.94. The summed E-state index contributed by atoms with van der Waals surface area (Å²) >= 11 is 7.01. The fourth-order valence-electron chi connectivity index (χ4n) is 2.74. The smallest absolute Gasteiger partial charge is 0.295 e. The first-order chi connectivity index (χ1) is 11.0. The summed E-state index contributed by atoms with van der Waals surface area (Å²) in [4.78, 5) is 13.9. The third-order valence-corrected chi connectivity index (χ3v) is 4.89. The molecule has 3 rings (SSSR count). The second kappa shape index (κ2) is 6.64. The number of benzene rings is 1. The van der Waals surface area contributed by atoms with E-state index in [1.54, 1.807) is 26.7 Å². The first kappa shape index (κ1) is 15.9. The molecule has 2 aromatic heterocycles. The van der Waals surface area contributed by atoms with Crippen molar-refractivity contribution in [2.75, 3.05) is 0 Å². The van der Waals surface area contributed by atoms with Crippen molar-refractivity contribution < 1.29 is 0 Å². The Labute approximate surface area is 144 Å². The number of aryl methyl sites for hydroxylation is 2. The molecule has 118 valence electrons. The van der Waals surface area contributed by atoms with Gasteiger partial charge in [-0.2, -0.15) is 0 Å². The molecular formula is C18H18N2OS2. The normalized spacial score (nSPS) is 10.9. The molecule has 0 spiro atoms. The number of hydrogen-bond acceptors (Lipinski definition) is 3. The van der Waals surface area contributed by atoms with Gasteiger partial charge in [0, 0.05) is 11.1 Å². The van der Waals surface area contributed by atoms with Crippen LogP contribution < -0.4 is 5.69 Å². The Morgan fingerprint density at radius 3 is 2.48 bits per heavy atom. The highest BCUT2D eigenvalue weighted by atomic mass is 32.1. The van der Waals surface area contributed by atoms with E-state index in [-0.39, 0.29) is 5.69 Å². The third-order valence-electron chi connectivity index (χ3n) is 3.67. The van der Waals surface area contributed by atoms with Crippen LogP contribution in [-0.4, -0.2) is 9.13 Å². The van der Waals surface area contributed by atoms with Gasteiger partial charge in [-0.25, -0.2) is 4.79 Å². The van der Waals surface area contributed by atoms with Crippen molar-refractivity contribution in [3.05, 3.63) is 84.7 Å². The summed E-state index contributed by atoms with van der Waals surface area (Å²) in [5, 5.41) is 2.02. The standard InChI is InChI=1S/C18H18N2OS2/c1-13-8-14(2)10-15(9-13)11-20-17(22)5-6-19(18(20)21)12-16-4-3-7-23-16/h3-10H,11-12H2,1-2H3. The maximum absolute atomic E-state index is 12.8. The SMILES string of the molecule is Cc1cc(C)cc(Cn2c(=S)ccn(Cc3cccs3)c2=O)c1. The molecule has 3 nitrogen and oxygen atoms in total. The third kappa shape index (κ3) is 3.68. The Kier molecular flexibility index (Phi) is 4.59. The summed E-state index contributed by atoms with van der Waals surface area (Å²) in [5.74, 6) is 0. The van der Waals surface area contributed by atoms with E-state index in [1.807, 2.05) is 23.6 Å². The van der Waals surface area contributed by atoms with Crippen molar-refractivity contribution >= 4 is 23.6 Å². The van der Waals surface area contributed by atoms with Gasteiger partial charge in [0.15, 0.2) is 0 Å². The van der Waals surface area contributed by atoms with Gasteiger partial charge in [0.25, 0.3) is 0 Å². The minimum absolute atomic E-state index is 0.0648. The fourth-order valence-corrected chi connectivity index (χ4v) is 3.64. The van der Waals surface area contributed by atoms with Crippen LogP contribution in [0.2, 0.25) is 0 Å². The molecule has 0 fully saturated rings. The quantitative estimate of drug-likeness (QED) is 0.666. The fraction of sp³-hybridized carbons (Fsp3) is 0.222. The number of hydrogen-bond donors (Lipinski definition) is 0. The molecule has 0 saturated heterocycles. The number of aromatic nitrogens is 2. The molecule has 0 amide bonds. The second-order valence-electron chi connectivity index (χ2n) is 5.73. The molecule has 0 radical (unpaired) electrons. The van der Waals surface area contributed by atoms with Crippen LogP contribution in [0.3, 0.4) is 0 Å². The van der Waals surface area contributed by atoms with Crippen LogP contribution in [0.25, 0.3) is 0 Å². The predicted molar refractivity (Wildman–Crippen MR) is 98.0 cm³/mol. The first-order valence-corrected chi connectivity index (χ1v) is 8.71. The molecule has 23 heavy (non-hydrogen) atoms. The number of nitrogens with zero attached hydrogens (tertiary/aromatic N) is 2. The van der Waals surface area contributed by atoms with E-state index in [9.17, 15) is 4.79 Å². The summed E-state index contributed by atoms with van der Waals surface area (Å²) in [6.07, 6.45) is 1.78. The molecule has 0 atom stereocenters. The van der Waals surface area contributed by atoms with Crippen molar-refractivity contribution in [2.24, 2.45) is 0 Å². The molecule has 0 aliphatic carbocycles. The van der Waals surface area contributed by atoms with Crippen LogP contribution in [0.5, 0.6) is 0 Å². The Bertz CT molecular complexity index is 916. The van der Waals surface area contributed by atoms with Gasteiger partial charge in [-0.1, -0.05) is 47.6 Å². The largest absolute Gasteiger partial charge is 0.329 e.